The number of carbonyl (C=O) groups is 1. The Labute approximate surface area is 124 Å². The molecule has 3 nitrogen and oxygen atoms in total. The third kappa shape index (κ3) is 2.53. The number of hydrogen-bond acceptors (Lipinski definition) is 2. The van der Waals surface area contributed by atoms with E-state index in [0.717, 1.165) is 17.7 Å². The maximum atomic E-state index is 12.6. The SMILES string of the molecule is CC1Cc2ccccc2N1C(=O)Cc1ccc(C#N)cc1. The van der Waals surface area contributed by atoms with Crippen molar-refractivity contribution in [2.75, 3.05) is 4.90 Å². The summed E-state index contributed by atoms with van der Waals surface area (Å²) in [6.07, 6.45) is 1.28. The number of nitriles is 1. The minimum atomic E-state index is 0.108. The van der Waals surface area contributed by atoms with Gasteiger partial charge in [0.15, 0.2) is 0 Å². The molecule has 0 saturated heterocycles. The van der Waals surface area contributed by atoms with E-state index in [1.165, 1.54) is 5.56 Å². The van der Waals surface area contributed by atoms with Crippen LogP contribution in [0.4, 0.5) is 5.69 Å². The van der Waals surface area contributed by atoms with E-state index in [-0.39, 0.29) is 11.9 Å². The predicted molar refractivity (Wildman–Crippen MR) is 82.0 cm³/mol. The molecule has 1 heterocycles. The minimum absolute atomic E-state index is 0.108. The number of amides is 1. The fraction of sp³-hybridized carbons (Fsp3) is 0.222. The second kappa shape index (κ2) is 5.41. The Kier molecular flexibility index (Phi) is 3.45. The number of fused-ring (bicyclic) bond motifs is 1. The molecule has 0 saturated carbocycles. The molecule has 0 bridgehead atoms. The van der Waals surface area contributed by atoms with Gasteiger partial charge in [0, 0.05) is 11.7 Å². The Morgan fingerprint density at radius 1 is 1.24 bits per heavy atom. The van der Waals surface area contributed by atoms with Crippen LogP contribution < -0.4 is 4.90 Å². The molecule has 2 aromatic rings. The number of nitrogens with zero attached hydrogens (tertiary/aromatic N) is 2. The highest BCUT2D eigenvalue weighted by Gasteiger charge is 2.30. The van der Waals surface area contributed by atoms with E-state index in [2.05, 4.69) is 19.1 Å². The van der Waals surface area contributed by atoms with Gasteiger partial charge in [0.05, 0.1) is 18.1 Å². The zero-order valence-corrected chi connectivity index (χ0v) is 11.9. The number of anilines is 1. The molecule has 0 aliphatic carbocycles. The molecule has 2 aromatic carbocycles. The van der Waals surface area contributed by atoms with Crippen LogP contribution in [0.5, 0.6) is 0 Å². The summed E-state index contributed by atoms with van der Waals surface area (Å²) in [5.74, 6) is 0.108. The molecule has 1 aliphatic heterocycles. The first-order valence-corrected chi connectivity index (χ1v) is 7.08. The van der Waals surface area contributed by atoms with Crippen LogP contribution in [0.1, 0.15) is 23.6 Å². The number of rotatable bonds is 2. The number of para-hydroxylation sites is 1. The number of benzene rings is 2. The Hall–Kier alpha value is -2.60. The summed E-state index contributed by atoms with van der Waals surface area (Å²) >= 11 is 0. The van der Waals surface area contributed by atoms with Crippen LogP contribution in [0.15, 0.2) is 48.5 Å². The molecule has 104 valence electrons. The monoisotopic (exact) mass is 276 g/mol. The molecule has 1 aliphatic rings. The molecule has 1 atom stereocenters. The van der Waals surface area contributed by atoms with Gasteiger partial charge in [-0.2, -0.15) is 5.26 Å². The molecule has 21 heavy (non-hydrogen) atoms. The summed E-state index contributed by atoms with van der Waals surface area (Å²) in [4.78, 5) is 14.5. The number of hydrogen-bond donors (Lipinski definition) is 0. The van der Waals surface area contributed by atoms with Crippen molar-refractivity contribution < 1.29 is 4.79 Å². The summed E-state index contributed by atoms with van der Waals surface area (Å²) in [5, 5.41) is 8.80. The van der Waals surface area contributed by atoms with Crippen molar-refractivity contribution in [1.29, 1.82) is 5.26 Å². The number of carbonyl (C=O) groups excluding carboxylic acids is 1. The van der Waals surface area contributed by atoms with E-state index in [1.807, 2.05) is 35.2 Å². The van der Waals surface area contributed by atoms with E-state index in [4.69, 9.17) is 5.26 Å². The van der Waals surface area contributed by atoms with Gasteiger partial charge in [-0.3, -0.25) is 4.79 Å². The first-order chi connectivity index (χ1) is 10.2. The lowest BCUT2D eigenvalue weighted by Crippen LogP contribution is -2.36. The van der Waals surface area contributed by atoms with Crippen LogP contribution >= 0.6 is 0 Å². The zero-order valence-electron chi connectivity index (χ0n) is 11.9. The Bertz CT molecular complexity index is 713. The van der Waals surface area contributed by atoms with Gasteiger partial charge in [-0.1, -0.05) is 30.3 Å². The van der Waals surface area contributed by atoms with Crippen molar-refractivity contribution in [1.82, 2.24) is 0 Å². The molecule has 0 fully saturated rings. The summed E-state index contributed by atoms with van der Waals surface area (Å²) < 4.78 is 0. The highest BCUT2D eigenvalue weighted by atomic mass is 16.2. The summed E-state index contributed by atoms with van der Waals surface area (Å²) in [6, 6.07) is 17.6. The van der Waals surface area contributed by atoms with E-state index in [0.29, 0.717) is 12.0 Å². The van der Waals surface area contributed by atoms with E-state index >= 15 is 0 Å². The molecule has 3 rings (SSSR count). The van der Waals surface area contributed by atoms with Crippen LogP contribution in [-0.4, -0.2) is 11.9 Å². The van der Waals surface area contributed by atoms with Crippen molar-refractivity contribution in [2.45, 2.75) is 25.8 Å². The standard InChI is InChI=1S/C18H16N2O/c1-13-10-16-4-2-3-5-17(16)20(13)18(21)11-14-6-8-15(12-19)9-7-14/h2-9,13H,10-11H2,1H3. The van der Waals surface area contributed by atoms with Crippen molar-refractivity contribution in [3.05, 3.63) is 65.2 Å². The second-order valence-corrected chi connectivity index (χ2v) is 5.43. The first-order valence-electron chi connectivity index (χ1n) is 7.08. The molecule has 1 unspecified atom stereocenters. The Morgan fingerprint density at radius 3 is 2.67 bits per heavy atom. The molecule has 1 amide bonds. The fourth-order valence-electron chi connectivity index (χ4n) is 2.90. The zero-order chi connectivity index (χ0) is 14.8. The average Bonchev–Trinajstić information content (AvgIpc) is 2.83. The largest absolute Gasteiger partial charge is 0.309 e. The molecule has 0 N–H and O–H groups in total. The molecule has 3 heteroatoms. The van der Waals surface area contributed by atoms with E-state index < -0.39 is 0 Å². The lowest BCUT2D eigenvalue weighted by Gasteiger charge is -2.22. The summed E-state index contributed by atoms with van der Waals surface area (Å²) in [5.41, 5.74) is 3.82. The van der Waals surface area contributed by atoms with Gasteiger partial charge >= 0.3 is 0 Å². The Morgan fingerprint density at radius 2 is 1.95 bits per heavy atom. The van der Waals surface area contributed by atoms with Crippen LogP contribution in [0.2, 0.25) is 0 Å². The van der Waals surface area contributed by atoms with Gasteiger partial charge in [-0.25, -0.2) is 0 Å². The molecule has 0 aromatic heterocycles. The van der Waals surface area contributed by atoms with Crippen LogP contribution in [0.25, 0.3) is 0 Å². The third-order valence-corrected chi connectivity index (χ3v) is 3.91. The van der Waals surface area contributed by atoms with Gasteiger partial charge in [-0.15, -0.1) is 0 Å². The average molecular weight is 276 g/mol. The summed E-state index contributed by atoms with van der Waals surface area (Å²) in [7, 11) is 0. The van der Waals surface area contributed by atoms with Gasteiger partial charge in [0.2, 0.25) is 5.91 Å². The predicted octanol–water partition coefficient (Wildman–Crippen LogP) is 3.08. The normalized spacial score (nSPS) is 16.4. The van der Waals surface area contributed by atoms with Crippen LogP contribution in [-0.2, 0) is 17.6 Å². The van der Waals surface area contributed by atoms with E-state index in [9.17, 15) is 4.79 Å². The molecule has 0 spiro atoms. The highest BCUT2D eigenvalue weighted by molar-refractivity contribution is 5.97. The van der Waals surface area contributed by atoms with Crippen molar-refractivity contribution >= 4 is 11.6 Å². The molecular weight excluding hydrogens is 260 g/mol. The molecular formula is C18H16N2O. The van der Waals surface area contributed by atoms with Crippen LogP contribution in [0.3, 0.4) is 0 Å². The maximum absolute atomic E-state index is 12.6. The molecule has 0 radical (unpaired) electrons. The lowest BCUT2D eigenvalue weighted by molar-refractivity contribution is -0.118. The van der Waals surface area contributed by atoms with E-state index in [1.54, 1.807) is 12.1 Å². The van der Waals surface area contributed by atoms with Crippen molar-refractivity contribution in [2.24, 2.45) is 0 Å². The topological polar surface area (TPSA) is 44.1 Å². The minimum Gasteiger partial charge on any atom is -0.309 e. The van der Waals surface area contributed by atoms with Gasteiger partial charge < -0.3 is 4.90 Å². The fourth-order valence-corrected chi connectivity index (χ4v) is 2.90. The Balaban J connectivity index is 1.81. The van der Waals surface area contributed by atoms with Gasteiger partial charge in [0.25, 0.3) is 0 Å². The lowest BCUT2D eigenvalue weighted by atomic mass is 10.1. The first kappa shape index (κ1) is 13.4. The van der Waals surface area contributed by atoms with Crippen molar-refractivity contribution in [3.8, 4) is 6.07 Å². The smallest absolute Gasteiger partial charge is 0.231 e. The van der Waals surface area contributed by atoms with Gasteiger partial charge in [-0.05, 0) is 42.7 Å². The third-order valence-electron chi connectivity index (χ3n) is 3.91. The quantitative estimate of drug-likeness (QED) is 0.846. The van der Waals surface area contributed by atoms with Crippen molar-refractivity contribution in [3.63, 3.8) is 0 Å². The highest BCUT2D eigenvalue weighted by Crippen LogP contribution is 2.32. The maximum Gasteiger partial charge on any atom is 0.231 e. The van der Waals surface area contributed by atoms with Crippen LogP contribution in [0, 0.1) is 11.3 Å². The summed E-state index contributed by atoms with van der Waals surface area (Å²) in [6.45, 7) is 2.08. The second-order valence-electron chi connectivity index (χ2n) is 5.43. The van der Waals surface area contributed by atoms with Gasteiger partial charge in [0.1, 0.15) is 0 Å².